The Kier molecular flexibility index (Phi) is 6.89. The van der Waals surface area contributed by atoms with Crippen molar-refractivity contribution in [1.29, 1.82) is 0 Å². The molecule has 0 saturated heterocycles. The standard InChI is InChI=1S/C21H22N4O6S/c1-13(21(28)24-16-9-7-15(8-10-16)23-14(2)26)31-19(27)11-12-22-20-17-5-3-4-6-18(17)32(29,30)25-20/h3-10,13H,11-12H2,1-2H3,(H,22,25)(H,23,26)(H,24,28). The van der Waals surface area contributed by atoms with Crippen LogP contribution in [0, 0.1) is 0 Å². The van der Waals surface area contributed by atoms with E-state index >= 15 is 0 Å². The summed E-state index contributed by atoms with van der Waals surface area (Å²) in [4.78, 5) is 39.6. The summed E-state index contributed by atoms with van der Waals surface area (Å²) in [5, 5.41) is 5.23. The number of carbonyl (C=O) groups is 3. The first-order chi connectivity index (χ1) is 15.2. The third kappa shape index (κ3) is 5.70. The molecule has 2 aromatic carbocycles. The number of benzene rings is 2. The van der Waals surface area contributed by atoms with Crippen molar-refractivity contribution in [3.05, 3.63) is 54.1 Å². The van der Waals surface area contributed by atoms with Gasteiger partial charge in [0.05, 0.1) is 17.9 Å². The van der Waals surface area contributed by atoms with Crippen LogP contribution >= 0.6 is 0 Å². The number of amidine groups is 1. The molecule has 0 spiro atoms. The lowest BCUT2D eigenvalue weighted by Gasteiger charge is -2.13. The van der Waals surface area contributed by atoms with E-state index in [0.29, 0.717) is 16.9 Å². The SMILES string of the molecule is CC(=O)Nc1ccc(NC(=O)C(C)OC(=O)CCN=C2NS(=O)(=O)c3ccccc32)cc1. The second-order valence-electron chi connectivity index (χ2n) is 6.96. The topological polar surface area (TPSA) is 143 Å². The molecule has 0 fully saturated rings. The number of carbonyl (C=O) groups excluding carboxylic acids is 3. The Morgan fingerprint density at radius 3 is 2.31 bits per heavy atom. The summed E-state index contributed by atoms with van der Waals surface area (Å²) in [6, 6.07) is 12.9. The molecule has 1 unspecified atom stereocenters. The summed E-state index contributed by atoms with van der Waals surface area (Å²) >= 11 is 0. The van der Waals surface area contributed by atoms with Gasteiger partial charge in [-0.25, -0.2) is 8.42 Å². The summed E-state index contributed by atoms with van der Waals surface area (Å²) in [7, 11) is -3.64. The molecule has 168 valence electrons. The zero-order chi connectivity index (χ0) is 23.3. The van der Waals surface area contributed by atoms with Gasteiger partial charge in [-0.05, 0) is 43.3 Å². The van der Waals surface area contributed by atoms with Crippen LogP contribution in [0.1, 0.15) is 25.8 Å². The average Bonchev–Trinajstić information content (AvgIpc) is 2.99. The first-order valence-corrected chi connectivity index (χ1v) is 11.2. The van der Waals surface area contributed by atoms with E-state index in [2.05, 4.69) is 20.3 Å². The Labute approximate surface area is 185 Å². The molecule has 1 atom stereocenters. The molecular weight excluding hydrogens is 436 g/mol. The van der Waals surface area contributed by atoms with Crippen LogP contribution < -0.4 is 15.4 Å². The minimum atomic E-state index is -3.64. The van der Waals surface area contributed by atoms with Gasteiger partial charge in [0, 0.05) is 23.9 Å². The lowest BCUT2D eigenvalue weighted by atomic mass is 10.2. The number of nitrogens with one attached hydrogen (secondary N) is 3. The highest BCUT2D eigenvalue weighted by molar-refractivity contribution is 7.90. The molecule has 1 aliphatic heterocycles. The predicted octanol–water partition coefficient (Wildman–Crippen LogP) is 1.64. The van der Waals surface area contributed by atoms with E-state index in [1.54, 1.807) is 42.5 Å². The Morgan fingerprint density at radius 1 is 1.03 bits per heavy atom. The van der Waals surface area contributed by atoms with E-state index in [-0.39, 0.29) is 29.6 Å². The van der Waals surface area contributed by atoms with Gasteiger partial charge in [-0.1, -0.05) is 12.1 Å². The minimum absolute atomic E-state index is 0.00995. The summed E-state index contributed by atoms with van der Waals surface area (Å²) in [5.41, 5.74) is 1.51. The number of amides is 2. The fourth-order valence-electron chi connectivity index (χ4n) is 2.90. The van der Waals surface area contributed by atoms with Crippen molar-refractivity contribution in [3.63, 3.8) is 0 Å². The Morgan fingerprint density at radius 2 is 1.66 bits per heavy atom. The van der Waals surface area contributed by atoms with Gasteiger partial charge in [0.15, 0.2) is 6.10 Å². The Bertz CT molecular complexity index is 1180. The van der Waals surface area contributed by atoms with Crippen molar-refractivity contribution in [2.45, 2.75) is 31.3 Å². The Hall–Kier alpha value is -3.73. The maximum Gasteiger partial charge on any atom is 0.308 e. The van der Waals surface area contributed by atoms with Crippen molar-refractivity contribution >= 4 is 45.0 Å². The van der Waals surface area contributed by atoms with Crippen molar-refractivity contribution in [2.75, 3.05) is 17.2 Å². The van der Waals surface area contributed by atoms with Crippen LogP contribution in [0.25, 0.3) is 0 Å². The predicted molar refractivity (Wildman–Crippen MR) is 118 cm³/mol. The second-order valence-corrected chi connectivity index (χ2v) is 8.61. The number of hydrogen-bond donors (Lipinski definition) is 3. The van der Waals surface area contributed by atoms with E-state index in [1.807, 2.05) is 0 Å². The largest absolute Gasteiger partial charge is 0.452 e. The number of ether oxygens (including phenoxy) is 1. The Balaban J connectivity index is 1.49. The maximum absolute atomic E-state index is 12.2. The third-order valence-electron chi connectivity index (χ3n) is 4.40. The lowest BCUT2D eigenvalue weighted by molar-refractivity contribution is -0.152. The second kappa shape index (κ2) is 9.60. The van der Waals surface area contributed by atoms with Crippen LogP contribution in [0.15, 0.2) is 58.4 Å². The number of fused-ring (bicyclic) bond motifs is 1. The maximum atomic E-state index is 12.2. The van der Waals surface area contributed by atoms with Crippen molar-refractivity contribution in [1.82, 2.24) is 4.72 Å². The van der Waals surface area contributed by atoms with Crippen LogP contribution in [0.4, 0.5) is 11.4 Å². The van der Waals surface area contributed by atoms with E-state index in [9.17, 15) is 22.8 Å². The van der Waals surface area contributed by atoms with Gasteiger partial charge in [0.1, 0.15) is 5.84 Å². The number of sulfonamides is 1. The van der Waals surface area contributed by atoms with E-state index < -0.39 is 28.0 Å². The first kappa shape index (κ1) is 22.9. The molecule has 0 aromatic heterocycles. The van der Waals surface area contributed by atoms with Gasteiger partial charge < -0.3 is 15.4 Å². The number of aliphatic imine (C=N–C) groups is 1. The monoisotopic (exact) mass is 458 g/mol. The van der Waals surface area contributed by atoms with Gasteiger partial charge in [-0.2, -0.15) is 0 Å². The van der Waals surface area contributed by atoms with E-state index in [1.165, 1.54) is 19.9 Å². The van der Waals surface area contributed by atoms with Gasteiger partial charge in [-0.3, -0.25) is 24.1 Å². The van der Waals surface area contributed by atoms with Crippen LogP contribution in [0.3, 0.4) is 0 Å². The number of nitrogens with zero attached hydrogens (tertiary/aromatic N) is 1. The van der Waals surface area contributed by atoms with Gasteiger partial charge in [0.25, 0.3) is 15.9 Å². The van der Waals surface area contributed by atoms with Crippen molar-refractivity contribution in [2.24, 2.45) is 4.99 Å². The molecule has 0 radical (unpaired) electrons. The zero-order valence-corrected chi connectivity index (χ0v) is 18.2. The fourth-order valence-corrected chi connectivity index (χ4v) is 4.15. The number of hydrogen-bond acceptors (Lipinski definition) is 7. The van der Waals surface area contributed by atoms with E-state index in [0.717, 1.165) is 0 Å². The third-order valence-corrected chi connectivity index (χ3v) is 5.80. The molecule has 3 N–H and O–H groups in total. The zero-order valence-electron chi connectivity index (χ0n) is 17.4. The highest BCUT2D eigenvalue weighted by Gasteiger charge is 2.30. The van der Waals surface area contributed by atoms with Crippen LogP contribution in [0.5, 0.6) is 0 Å². The van der Waals surface area contributed by atoms with Gasteiger partial charge in [0.2, 0.25) is 5.91 Å². The fraction of sp³-hybridized carbons (Fsp3) is 0.238. The highest BCUT2D eigenvalue weighted by atomic mass is 32.2. The molecule has 0 aliphatic carbocycles. The smallest absolute Gasteiger partial charge is 0.308 e. The molecule has 0 bridgehead atoms. The normalized spacial score (nSPS) is 15.9. The van der Waals surface area contributed by atoms with Gasteiger partial charge in [-0.15, -0.1) is 0 Å². The molecule has 10 nitrogen and oxygen atoms in total. The summed E-state index contributed by atoms with van der Waals surface area (Å²) < 4.78 is 31.6. The molecule has 1 aliphatic rings. The van der Waals surface area contributed by atoms with Crippen molar-refractivity contribution in [3.8, 4) is 0 Å². The molecule has 32 heavy (non-hydrogen) atoms. The molecule has 2 amide bonds. The van der Waals surface area contributed by atoms with Gasteiger partial charge >= 0.3 is 5.97 Å². The minimum Gasteiger partial charge on any atom is -0.452 e. The number of anilines is 2. The summed E-state index contributed by atoms with van der Waals surface area (Å²) in [6.45, 7) is 2.82. The number of esters is 1. The molecule has 11 heteroatoms. The molecule has 2 aromatic rings. The number of rotatable bonds is 7. The van der Waals surface area contributed by atoms with Crippen molar-refractivity contribution < 1.29 is 27.5 Å². The van der Waals surface area contributed by atoms with E-state index in [4.69, 9.17) is 4.74 Å². The van der Waals surface area contributed by atoms with Crippen LogP contribution in [-0.2, 0) is 29.1 Å². The molecule has 1 heterocycles. The molecule has 0 saturated carbocycles. The summed E-state index contributed by atoms with van der Waals surface area (Å²) in [5.74, 6) is -1.20. The van der Waals surface area contributed by atoms with Crippen LogP contribution in [0.2, 0.25) is 0 Å². The highest BCUT2D eigenvalue weighted by Crippen LogP contribution is 2.22. The molecular formula is C21H22N4O6S. The first-order valence-electron chi connectivity index (χ1n) is 9.70. The summed E-state index contributed by atoms with van der Waals surface area (Å²) in [6.07, 6.45) is -1.17. The lowest BCUT2D eigenvalue weighted by Crippen LogP contribution is -2.30. The van der Waals surface area contributed by atoms with Crippen LogP contribution in [-0.4, -0.2) is 44.7 Å². The average molecular weight is 458 g/mol. The molecule has 3 rings (SSSR count). The quantitative estimate of drug-likeness (QED) is 0.538.